The monoisotopic (exact) mass is 629 g/mol. The highest BCUT2D eigenvalue weighted by Gasteiger charge is 2.32. The number of rotatable bonds is 6. The maximum absolute atomic E-state index is 13.1. The van der Waals surface area contributed by atoms with E-state index in [0.717, 1.165) is 29.8 Å². The van der Waals surface area contributed by atoms with Crippen LogP contribution in [0.1, 0.15) is 12.8 Å². The number of piperidine rings is 1. The molecule has 1 aliphatic rings. The molecule has 0 radical (unpaired) electrons. The highest BCUT2D eigenvalue weighted by Crippen LogP contribution is 2.32. The molecule has 0 aliphatic carbocycles. The number of hydrogen-bond acceptors (Lipinski definition) is 6. The summed E-state index contributed by atoms with van der Waals surface area (Å²) in [5.74, 6) is 0.196. The zero-order valence-electron chi connectivity index (χ0n) is 19.5. The van der Waals surface area contributed by atoms with Gasteiger partial charge < -0.3 is 10.1 Å². The number of aromatic nitrogens is 3. The van der Waals surface area contributed by atoms with Crippen molar-refractivity contribution in [3.63, 3.8) is 0 Å². The molecule has 0 unspecified atom stereocenters. The quantitative estimate of drug-likeness (QED) is 0.282. The highest BCUT2D eigenvalue weighted by atomic mass is 79.9. The second-order valence-electron chi connectivity index (χ2n) is 8.58. The van der Waals surface area contributed by atoms with Crippen molar-refractivity contribution in [2.45, 2.75) is 30.1 Å². The van der Waals surface area contributed by atoms with Gasteiger partial charge in [-0.1, -0.05) is 29.8 Å². The van der Waals surface area contributed by atoms with Gasteiger partial charge in [0.15, 0.2) is 5.65 Å². The lowest BCUT2D eigenvalue weighted by Gasteiger charge is -2.32. The summed E-state index contributed by atoms with van der Waals surface area (Å²) in [6.45, 7) is 0.463. The first-order valence-electron chi connectivity index (χ1n) is 11.4. The zero-order chi connectivity index (χ0) is 27.1. The third-order valence-corrected chi connectivity index (χ3v) is 8.88. The summed E-state index contributed by atoms with van der Waals surface area (Å²) in [7, 11) is -3.88. The van der Waals surface area contributed by atoms with E-state index < -0.39 is 22.1 Å². The van der Waals surface area contributed by atoms with E-state index >= 15 is 0 Å². The van der Waals surface area contributed by atoms with Gasteiger partial charge in [-0.3, -0.25) is 0 Å². The van der Waals surface area contributed by atoms with Crippen LogP contribution in [0, 0.1) is 0 Å². The summed E-state index contributed by atoms with van der Waals surface area (Å²) in [6, 6.07) is 13.4. The molecule has 8 nitrogen and oxygen atoms in total. The van der Waals surface area contributed by atoms with Crippen molar-refractivity contribution in [3.8, 4) is 17.0 Å². The summed E-state index contributed by atoms with van der Waals surface area (Å²) in [5, 5.41) is 8.41. The molecule has 5 rings (SSSR count). The Kier molecular flexibility index (Phi) is 7.29. The largest absolute Gasteiger partial charge is 0.573 e. The Hall–Kier alpha value is -2.87. The Morgan fingerprint density at radius 1 is 1.08 bits per heavy atom. The van der Waals surface area contributed by atoms with Gasteiger partial charge in [0.05, 0.1) is 21.3 Å². The molecule has 0 amide bonds. The van der Waals surface area contributed by atoms with E-state index in [2.05, 4.69) is 31.1 Å². The van der Waals surface area contributed by atoms with Gasteiger partial charge in [0.25, 0.3) is 0 Å². The summed E-state index contributed by atoms with van der Waals surface area (Å²) in [6.07, 6.45) is -2.20. The van der Waals surface area contributed by atoms with E-state index in [1.807, 2.05) is 24.3 Å². The first kappa shape index (κ1) is 26.7. The topological polar surface area (TPSA) is 88.8 Å². The van der Waals surface area contributed by atoms with Crippen molar-refractivity contribution in [3.05, 3.63) is 70.3 Å². The number of benzene rings is 2. The molecule has 1 fully saturated rings. The molecule has 1 aliphatic heterocycles. The van der Waals surface area contributed by atoms with Crippen LogP contribution in [0.5, 0.6) is 5.75 Å². The number of nitrogens with one attached hydrogen (secondary N) is 1. The third kappa shape index (κ3) is 5.60. The minimum absolute atomic E-state index is 0.0586. The van der Waals surface area contributed by atoms with Crippen LogP contribution >= 0.6 is 27.5 Å². The number of fused-ring (bicyclic) bond motifs is 1. The molecule has 0 bridgehead atoms. The Balaban J connectivity index is 1.31. The zero-order valence-corrected chi connectivity index (χ0v) is 22.6. The van der Waals surface area contributed by atoms with Crippen LogP contribution in [0.2, 0.25) is 5.02 Å². The van der Waals surface area contributed by atoms with Gasteiger partial charge in [-0.05, 0) is 59.1 Å². The SMILES string of the molecule is O=S(=O)(c1ccc(OC(F)(F)F)cc1)N1CCC(Nc2cc(-c3ccccc3Cl)nc3c(Br)cnn23)CC1. The lowest BCUT2D eigenvalue weighted by Crippen LogP contribution is -2.42. The molecule has 0 saturated carbocycles. The fourth-order valence-corrected chi connectivity index (χ4v) is 6.31. The van der Waals surface area contributed by atoms with Crippen molar-refractivity contribution in [1.29, 1.82) is 0 Å². The molecule has 2 aromatic carbocycles. The first-order chi connectivity index (χ1) is 18.0. The smallest absolute Gasteiger partial charge is 0.406 e. The van der Waals surface area contributed by atoms with Crippen LogP contribution in [0.15, 0.2) is 70.2 Å². The molecule has 1 saturated heterocycles. The van der Waals surface area contributed by atoms with Gasteiger partial charge in [0.2, 0.25) is 10.0 Å². The van der Waals surface area contributed by atoms with Gasteiger partial charge >= 0.3 is 6.36 Å². The molecule has 1 N–H and O–H groups in total. The van der Waals surface area contributed by atoms with E-state index in [9.17, 15) is 21.6 Å². The molecular weight excluding hydrogens is 611 g/mol. The number of alkyl halides is 3. The maximum Gasteiger partial charge on any atom is 0.573 e. The summed E-state index contributed by atoms with van der Waals surface area (Å²) >= 11 is 9.88. The number of halogens is 5. The van der Waals surface area contributed by atoms with E-state index in [4.69, 9.17) is 16.6 Å². The number of nitrogens with zero attached hydrogens (tertiary/aromatic N) is 4. The summed E-state index contributed by atoms with van der Waals surface area (Å²) < 4.78 is 70.9. The van der Waals surface area contributed by atoms with Crippen molar-refractivity contribution in [2.75, 3.05) is 18.4 Å². The van der Waals surface area contributed by atoms with Crippen molar-refractivity contribution in [1.82, 2.24) is 18.9 Å². The fraction of sp³-hybridized carbons (Fsp3) is 0.250. The normalized spacial score (nSPS) is 15.6. The number of hydrogen-bond donors (Lipinski definition) is 1. The third-order valence-electron chi connectivity index (χ3n) is 6.08. The maximum atomic E-state index is 13.1. The lowest BCUT2D eigenvalue weighted by atomic mass is 10.1. The van der Waals surface area contributed by atoms with Crippen LogP contribution < -0.4 is 10.1 Å². The predicted molar refractivity (Wildman–Crippen MR) is 140 cm³/mol. The number of ether oxygens (including phenoxy) is 1. The predicted octanol–water partition coefficient (Wildman–Crippen LogP) is 5.98. The summed E-state index contributed by atoms with van der Waals surface area (Å²) in [4.78, 5) is 4.60. The second-order valence-corrected chi connectivity index (χ2v) is 11.8. The first-order valence-corrected chi connectivity index (χ1v) is 14.0. The van der Waals surface area contributed by atoms with E-state index in [-0.39, 0.29) is 24.0 Å². The second kappa shape index (κ2) is 10.4. The van der Waals surface area contributed by atoms with Crippen LogP contribution in [0.25, 0.3) is 16.9 Å². The van der Waals surface area contributed by atoms with Crippen LogP contribution in [-0.2, 0) is 10.0 Å². The molecule has 200 valence electrons. The molecule has 4 aromatic rings. The molecule has 3 heterocycles. The van der Waals surface area contributed by atoms with Gasteiger partial charge in [0.1, 0.15) is 11.6 Å². The average molecular weight is 631 g/mol. The van der Waals surface area contributed by atoms with Gasteiger partial charge in [-0.25, -0.2) is 13.4 Å². The number of sulfonamides is 1. The van der Waals surface area contributed by atoms with E-state index in [0.29, 0.717) is 39.5 Å². The molecule has 14 heteroatoms. The highest BCUT2D eigenvalue weighted by molar-refractivity contribution is 9.10. The van der Waals surface area contributed by atoms with Crippen LogP contribution in [-0.4, -0.2) is 52.8 Å². The van der Waals surface area contributed by atoms with Crippen molar-refractivity contribution < 1.29 is 26.3 Å². The fourth-order valence-electron chi connectivity index (χ4n) is 4.26. The average Bonchev–Trinajstić information content (AvgIpc) is 3.25. The van der Waals surface area contributed by atoms with E-state index in [1.54, 1.807) is 16.8 Å². The molecular formula is C24H20BrClF3N5O3S. The molecule has 38 heavy (non-hydrogen) atoms. The Bertz CT molecular complexity index is 1570. The molecule has 0 spiro atoms. The Labute approximate surface area is 229 Å². The Morgan fingerprint density at radius 3 is 2.42 bits per heavy atom. The van der Waals surface area contributed by atoms with Gasteiger partial charge in [-0.2, -0.15) is 13.9 Å². The minimum Gasteiger partial charge on any atom is -0.406 e. The van der Waals surface area contributed by atoms with Crippen molar-refractivity contribution in [2.24, 2.45) is 0 Å². The standard InChI is InChI=1S/C24H20BrClF3N5O3S/c25-19-14-30-34-22(13-21(32-23(19)34)18-3-1-2-4-20(18)26)31-15-9-11-33(12-10-15)38(35,36)17-7-5-16(6-8-17)37-24(27,28)29/h1-8,13-15,31H,9-12H2. The Morgan fingerprint density at radius 2 is 1.76 bits per heavy atom. The molecule has 2 aromatic heterocycles. The number of anilines is 1. The van der Waals surface area contributed by atoms with Gasteiger partial charge in [-0.15, -0.1) is 13.2 Å². The summed E-state index contributed by atoms with van der Waals surface area (Å²) in [5.41, 5.74) is 2.02. The van der Waals surface area contributed by atoms with Crippen LogP contribution in [0.3, 0.4) is 0 Å². The molecule has 0 atom stereocenters. The lowest BCUT2D eigenvalue weighted by molar-refractivity contribution is -0.274. The van der Waals surface area contributed by atoms with Crippen LogP contribution in [0.4, 0.5) is 19.0 Å². The van der Waals surface area contributed by atoms with Gasteiger partial charge in [0, 0.05) is 35.8 Å². The van der Waals surface area contributed by atoms with E-state index in [1.165, 1.54) is 4.31 Å². The van der Waals surface area contributed by atoms with Crippen molar-refractivity contribution >= 4 is 49.0 Å². The minimum atomic E-state index is -4.85.